The molecule has 5 heteroatoms. The zero-order valence-electron chi connectivity index (χ0n) is 13.4. The summed E-state index contributed by atoms with van der Waals surface area (Å²) in [5.74, 6) is 0. The first kappa shape index (κ1) is 16.5. The molecule has 2 rings (SSSR count). The van der Waals surface area contributed by atoms with Gasteiger partial charge in [0.1, 0.15) is 0 Å². The van der Waals surface area contributed by atoms with Crippen LogP contribution in [0, 0.1) is 0 Å². The van der Waals surface area contributed by atoms with Crippen molar-refractivity contribution in [2.45, 2.75) is 31.2 Å². The maximum Gasteiger partial charge on any atom is 0.243 e. The Bertz CT molecular complexity index is 760. The van der Waals surface area contributed by atoms with Gasteiger partial charge in [-0.25, -0.2) is 8.42 Å². The molecule has 0 atom stereocenters. The highest BCUT2D eigenvalue weighted by molar-refractivity contribution is 7.89. The SMILES string of the molecule is CN(C(C)(C)C)S(=O)(=O)c1ccccc1-c1ccc(N)cc1. The first-order valence-corrected chi connectivity index (χ1v) is 8.52. The molecule has 0 saturated carbocycles. The second-order valence-electron chi connectivity index (χ2n) is 6.26. The van der Waals surface area contributed by atoms with Crippen molar-refractivity contribution in [1.29, 1.82) is 0 Å². The summed E-state index contributed by atoms with van der Waals surface area (Å²) in [6.45, 7) is 5.61. The average molecular weight is 318 g/mol. The summed E-state index contributed by atoms with van der Waals surface area (Å²) in [4.78, 5) is 0.303. The fourth-order valence-electron chi connectivity index (χ4n) is 2.10. The van der Waals surface area contributed by atoms with E-state index < -0.39 is 15.6 Å². The molecule has 0 radical (unpaired) electrons. The summed E-state index contributed by atoms with van der Waals surface area (Å²) in [5.41, 5.74) is 7.37. The van der Waals surface area contributed by atoms with Crippen LogP contribution in [-0.2, 0) is 10.0 Å². The van der Waals surface area contributed by atoms with E-state index >= 15 is 0 Å². The third-order valence-electron chi connectivity index (χ3n) is 3.69. The third kappa shape index (κ3) is 3.15. The van der Waals surface area contributed by atoms with Crippen LogP contribution in [0.5, 0.6) is 0 Å². The minimum absolute atomic E-state index is 0.303. The molecule has 0 aliphatic carbocycles. The van der Waals surface area contributed by atoms with Crippen LogP contribution >= 0.6 is 0 Å². The molecule has 118 valence electrons. The summed E-state index contributed by atoms with van der Waals surface area (Å²) in [6, 6.07) is 14.2. The predicted octanol–water partition coefficient (Wildman–Crippen LogP) is 3.35. The molecule has 0 aliphatic heterocycles. The van der Waals surface area contributed by atoms with Gasteiger partial charge in [0.15, 0.2) is 0 Å². The van der Waals surface area contributed by atoms with Crippen molar-refractivity contribution < 1.29 is 8.42 Å². The number of nitrogen functional groups attached to an aromatic ring is 1. The number of benzene rings is 2. The maximum absolute atomic E-state index is 12.9. The lowest BCUT2D eigenvalue weighted by molar-refractivity contribution is 0.292. The lowest BCUT2D eigenvalue weighted by atomic mass is 10.1. The molecular weight excluding hydrogens is 296 g/mol. The monoisotopic (exact) mass is 318 g/mol. The molecule has 0 bridgehead atoms. The van der Waals surface area contributed by atoms with Gasteiger partial charge in [0.05, 0.1) is 4.90 Å². The van der Waals surface area contributed by atoms with Crippen molar-refractivity contribution in [2.75, 3.05) is 12.8 Å². The van der Waals surface area contributed by atoms with E-state index in [-0.39, 0.29) is 0 Å². The quantitative estimate of drug-likeness (QED) is 0.883. The average Bonchev–Trinajstić information content (AvgIpc) is 2.46. The van der Waals surface area contributed by atoms with Gasteiger partial charge in [0.25, 0.3) is 0 Å². The smallest absolute Gasteiger partial charge is 0.243 e. The fraction of sp³-hybridized carbons (Fsp3) is 0.294. The summed E-state index contributed by atoms with van der Waals surface area (Å²) < 4.78 is 27.3. The van der Waals surface area contributed by atoms with Gasteiger partial charge in [-0.05, 0) is 44.5 Å². The van der Waals surface area contributed by atoms with Gasteiger partial charge in [-0.1, -0.05) is 30.3 Å². The Balaban J connectivity index is 2.61. The Hall–Kier alpha value is -1.85. The van der Waals surface area contributed by atoms with E-state index in [1.54, 1.807) is 31.3 Å². The third-order valence-corrected chi connectivity index (χ3v) is 5.87. The second kappa shape index (κ2) is 5.74. The van der Waals surface area contributed by atoms with Gasteiger partial charge in [-0.15, -0.1) is 0 Å². The highest BCUT2D eigenvalue weighted by Crippen LogP contribution is 2.31. The van der Waals surface area contributed by atoms with Gasteiger partial charge in [-0.3, -0.25) is 0 Å². The zero-order valence-corrected chi connectivity index (χ0v) is 14.2. The van der Waals surface area contributed by atoms with Crippen LogP contribution in [0.3, 0.4) is 0 Å². The molecule has 2 aromatic rings. The summed E-state index contributed by atoms with van der Waals surface area (Å²) >= 11 is 0. The predicted molar refractivity (Wildman–Crippen MR) is 91.0 cm³/mol. The number of hydrogen-bond donors (Lipinski definition) is 1. The molecule has 2 N–H and O–H groups in total. The molecule has 0 heterocycles. The molecular formula is C17H22N2O2S. The van der Waals surface area contributed by atoms with E-state index in [4.69, 9.17) is 5.73 Å². The zero-order chi connectivity index (χ0) is 16.5. The molecule has 0 saturated heterocycles. The standard InChI is InChI=1S/C17H22N2O2S/c1-17(2,3)19(4)22(20,21)16-8-6-5-7-15(16)13-9-11-14(18)12-10-13/h5-12H,18H2,1-4H3. The number of rotatable bonds is 3. The highest BCUT2D eigenvalue weighted by atomic mass is 32.2. The van der Waals surface area contributed by atoms with Crippen LogP contribution in [-0.4, -0.2) is 25.3 Å². The van der Waals surface area contributed by atoms with Gasteiger partial charge >= 0.3 is 0 Å². The number of hydrogen-bond acceptors (Lipinski definition) is 3. The van der Waals surface area contributed by atoms with E-state index in [1.807, 2.05) is 45.0 Å². The number of anilines is 1. The first-order chi connectivity index (χ1) is 10.1. The van der Waals surface area contributed by atoms with Crippen LogP contribution in [0.4, 0.5) is 5.69 Å². The maximum atomic E-state index is 12.9. The molecule has 0 amide bonds. The van der Waals surface area contributed by atoms with Crippen molar-refractivity contribution in [3.63, 3.8) is 0 Å². The number of sulfonamides is 1. The lowest BCUT2D eigenvalue weighted by Crippen LogP contribution is -2.42. The van der Waals surface area contributed by atoms with E-state index in [0.717, 1.165) is 5.56 Å². The Kier molecular flexibility index (Phi) is 4.31. The van der Waals surface area contributed by atoms with E-state index in [1.165, 1.54) is 4.31 Å². The van der Waals surface area contributed by atoms with Crippen molar-refractivity contribution in [1.82, 2.24) is 4.31 Å². The van der Waals surface area contributed by atoms with Gasteiger partial charge in [0, 0.05) is 23.8 Å². The molecule has 0 aliphatic rings. The minimum Gasteiger partial charge on any atom is -0.399 e. The molecule has 0 spiro atoms. The highest BCUT2D eigenvalue weighted by Gasteiger charge is 2.31. The first-order valence-electron chi connectivity index (χ1n) is 7.08. The van der Waals surface area contributed by atoms with Crippen molar-refractivity contribution >= 4 is 15.7 Å². The molecule has 0 unspecified atom stereocenters. The molecule has 0 aromatic heterocycles. The van der Waals surface area contributed by atoms with Crippen molar-refractivity contribution in [2.24, 2.45) is 0 Å². The Morgan fingerprint density at radius 3 is 2.05 bits per heavy atom. The van der Waals surface area contributed by atoms with Crippen LogP contribution in [0.15, 0.2) is 53.4 Å². The Labute approximate surface area is 132 Å². The number of nitrogens with two attached hydrogens (primary N) is 1. The van der Waals surface area contributed by atoms with Crippen LogP contribution in [0.2, 0.25) is 0 Å². The van der Waals surface area contributed by atoms with Gasteiger partial charge in [0.2, 0.25) is 10.0 Å². The molecule has 2 aromatic carbocycles. The van der Waals surface area contributed by atoms with Crippen molar-refractivity contribution in [3.8, 4) is 11.1 Å². The summed E-state index contributed by atoms with van der Waals surface area (Å²) in [7, 11) is -1.98. The summed E-state index contributed by atoms with van der Waals surface area (Å²) in [6.07, 6.45) is 0. The van der Waals surface area contributed by atoms with E-state index in [9.17, 15) is 8.42 Å². The van der Waals surface area contributed by atoms with Crippen LogP contribution < -0.4 is 5.73 Å². The van der Waals surface area contributed by atoms with Gasteiger partial charge < -0.3 is 5.73 Å². The van der Waals surface area contributed by atoms with E-state index in [2.05, 4.69) is 0 Å². The van der Waals surface area contributed by atoms with Crippen LogP contribution in [0.25, 0.3) is 11.1 Å². The number of nitrogens with zero attached hydrogens (tertiary/aromatic N) is 1. The Morgan fingerprint density at radius 2 is 1.50 bits per heavy atom. The molecule has 0 fully saturated rings. The lowest BCUT2D eigenvalue weighted by Gasteiger charge is -2.31. The largest absolute Gasteiger partial charge is 0.399 e. The topological polar surface area (TPSA) is 63.4 Å². The fourth-order valence-corrected chi connectivity index (χ4v) is 3.83. The van der Waals surface area contributed by atoms with Crippen LogP contribution in [0.1, 0.15) is 20.8 Å². The second-order valence-corrected chi connectivity index (χ2v) is 8.20. The summed E-state index contributed by atoms with van der Waals surface area (Å²) in [5, 5.41) is 0. The van der Waals surface area contributed by atoms with Gasteiger partial charge in [-0.2, -0.15) is 4.31 Å². The van der Waals surface area contributed by atoms with Crippen molar-refractivity contribution in [3.05, 3.63) is 48.5 Å². The minimum atomic E-state index is -3.58. The Morgan fingerprint density at radius 1 is 0.955 bits per heavy atom. The normalized spacial score (nSPS) is 12.6. The molecule has 22 heavy (non-hydrogen) atoms. The van der Waals surface area contributed by atoms with E-state index in [0.29, 0.717) is 16.1 Å². The molecule has 4 nitrogen and oxygen atoms in total.